The van der Waals surface area contributed by atoms with Gasteiger partial charge in [0.25, 0.3) is 0 Å². The van der Waals surface area contributed by atoms with Crippen molar-refractivity contribution < 1.29 is 54.4 Å². The summed E-state index contributed by atoms with van der Waals surface area (Å²) in [4.78, 5) is 44.5. The third kappa shape index (κ3) is 6.15. The maximum absolute atomic E-state index is 13.9. The van der Waals surface area contributed by atoms with Crippen LogP contribution in [0.15, 0.2) is 46.9 Å². The van der Waals surface area contributed by atoms with E-state index in [4.69, 9.17) is 9.47 Å². The summed E-state index contributed by atoms with van der Waals surface area (Å²) >= 11 is 0. The van der Waals surface area contributed by atoms with Crippen LogP contribution in [0.1, 0.15) is 80.9 Å². The first-order valence-corrected chi connectivity index (χ1v) is 16.1. The summed E-state index contributed by atoms with van der Waals surface area (Å²) in [6.07, 6.45) is 1.37. The van der Waals surface area contributed by atoms with E-state index < -0.39 is 39.0 Å². The number of rotatable bonds is 6. The fourth-order valence-corrected chi connectivity index (χ4v) is 7.02. The zero-order chi connectivity index (χ0) is 34.9. The number of benzene rings is 1. The number of esters is 1. The number of aromatic nitrogens is 1. The second-order valence-electron chi connectivity index (χ2n) is 13.5. The van der Waals surface area contributed by atoms with Crippen LogP contribution in [0, 0.1) is 17.8 Å². The molecule has 0 spiro atoms. The van der Waals surface area contributed by atoms with Crippen LogP contribution in [0.4, 0.5) is 13.2 Å². The number of hydrogen-bond acceptors (Lipinski definition) is 10. The molecule has 2 aliphatic carbocycles. The predicted molar refractivity (Wildman–Crippen MR) is 162 cm³/mol. The van der Waals surface area contributed by atoms with E-state index >= 15 is 0 Å². The normalized spacial score (nSPS) is 19.5. The molecule has 0 amide bonds. The molecule has 3 aliphatic rings. The number of alkyl halides is 3. The van der Waals surface area contributed by atoms with E-state index in [1.165, 1.54) is 13.2 Å². The number of nitrogens with zero attached hydrogens (tertiary/aromatic N) is 1. The second-order valence-corrected chi connectivity index (χ2v) is 15.0. The molecule has 1 aromatic carbocycles. The number of methoxy groups -OCH3 is 2. The Kier molecular flexibility index (Phi) is 8.35. The van der Waals surface area contributed by atoms with Crippen molar-refractivity contribution in [1.29, 1.82) is 0 Å². The highest BCUT2D eigenvalue weighted by Crippen LogP contribution is 2.55. The van der Waals surface area contributed by atoms with Gasteiger partial charge in [0.1, 0.15) is 17.3 Å². The Morgan fingerprint density at radius 1 is 0.894 bits per heavy atom. The van der Waals surface area contributed by atoms with Gasteiger partial charge in [-0.3, -0.25) is 9.59 Å². The van der Waals surface area contributed by atoms with Crippen LogP contribution in [-0.4, -0.2) is 50.7 Å². The molecule has 2 heterocycles. The number of Topliss-reactive ketones (excluding diaryl/α,β-unsaturated/α-hetero) is 2. The molecule has 2 aromatic rings. The molecule has 1 aliphatic heterocycles. The summed E-state index contributed by atoms with van der Waals surface area (Å²) in [5.74, 6) is -2.08. The first-order valence-electron chi connectivity index (χ1n) is 14.7. The Bertz CT molecular complexity index is 1840. The fourth-order valence-electron chi connectivity index (χ4n) is 6.55. The molecule has 0 unspecified atom stereocenters. The van der Waals surface area contributed by atoms with E-state index in [0.717, 1.165) is 13.2 Å². The minimum atomic E-state index is -6.13. The minimum absolute atomic E-state index is 0.0474. The number of carbonyl (C=O) groups is 3. The fraction of sp³-hybridized carbons (Fsp3) is 0.455. The van der Waals surface area contributed by atoms with Crippen molar-refractivity contribution in [2.24, 2.45) is 10.8 Å². The smallest absolute Gasteiger partial charge is 0.496 e. The number of halogens is 3. The summed E-state index contributed by atoms with van der Waals surface area (Å²) in [5.41, 5.74) is -5.24. The van der Waals surface area contributed by atoms with Crippen LogP contribution in [0.5, 0.6) is 11.5 Å². The molecule has 47 heavy (non-hydrogen) atoms. The van der Waals surface area contributed by atoms with Gasteiger partial charge >= 0.3 is 21.6 Å². The minimum Gasteiger partial charge on any atom is -0.496 e. The van der Waals surface area contributed by atoms with Crippen LogP contribution >= 0.6 is 0 Å². The van der Waals surface area contributed by atoms with Crippen molar-refractivity contribution in [2.75, 3.05) is 14.2 Å². The Balaban J connectivity index is 1.74. The van der Waals surface area contributed by atoms with E-state index in [1.807, 2.05) is 27.7 Å². The summed E-state index contributed by atoms with van der Waals surface area (Å²) in [6, 6.07) is 5.25. The third-order valence-corrected chi connectivity index (χ3v) is 9.53. The maximum Gasteiger partial charge on any atom is 0.534 e. The molecular formula is C33H34F3NO9S. The highest BCUT2D eigenvalue weighted by Gasteiger charge is 2.50. The molecule has 0 radical (unpaired) electrons. The lowest BCUT2D eigenvalue weighted by atomic mass is 9.65. The van der Waals surface area contributed by atoms with Gasteiger partial charge in [-0.1, -0.05) is 27.7 Å². The summed E-state index contributed by atoms with van der Waals surface area (Å²) in [7, 11) is -3.74. The molecule has 0 N–H and O–H groups in total. The zero-order valence-electron chi connectivity index (χ0n) is 26.9. The highest BCUT2D eigenvalue weighted by molar-refractivity contribution is 7.88. The number of hydrogen-bond donors (Lipinski definition) is 0. The topological polar surface area (TPSA) is 135 Å². The summed E-state index contributed by atoms with van der Waals surface area (Å²) in [5, 5.41) is 0. The standard InChI is InChI=1S/C33H34F3NO9S/c1-16-17(18-9-11-22(29(37-18)30(40)44-7)46-47(41,42)33(34,35)36)8-10-21(43-6)25(16)28-26-19(38)12-31(2,3)14-23(26)45-24-15-32(4,5)13-20(39)27(24)28/h8-11,28H,12-15H2,1-7H3. The lowest BCUT2D eigenvalue weighted by molar-refractivity contribution is -0.120. The van der Waals surface area contributed by atoms with Crippen molar-refractivity contribution in [2.45, 2.75) is 71.7 Å². The van der Waals surface area contributed by atoms with Gasteiger partial charge in [-0.15, -0.1) is 0 Å². The molecule has 14 heteroatoms. The Labute approximate surface area is 270 Å². The maximum atomic E-state index is 13.9. The number of ether oxygens (including phenoxy) is 3. The Morgan fingerprint density at radius 3 is 1.91 bits per heavy atom. The lowest BCUT2D eigenvalue weighted by Crippen LogP contribution is -2.38. The molecule has 1 aromatic heterocycles. The average Bonchev–Trinajstić information content (AvgIpc) is 2.93. The molecule has 0 bridgehead atoms. The molecular weight excluding hydrogens is 643 g/mol. The zero-order valence-corrected chi connectivity index (χ0v) is 27.7. The van der Waals surface area contributed by atoms with E-state index in [9.17, 15) is 36.0 Å². The molecule has 252 valence electrons. The van der Waals surface area contributed by atoms with Crippen molar-refractivity contribution in [3.05, 3.63) is 63.8 Å². The molecule has 0 saturated heterocycles. The van der Waals surface area contributed by atoms with E-state index in [0.29, 0.717) is 57.9 Å². The largest absolute Gasteiger partial charge is 0.534 e. The van der Waals surface area contributed by atoms with Gasteiger partial charge in [-0.2, -0.15) is 21.6 Å². The first kappa shape index (κ1) is 34.1. The van der Waals surface area contributed by atoms with Crippen molar-refractivity contribution in [1.82, 2.24) is 4.98 Å². The van der Waals surface area contributed by atoms with E-state index in [-0.39, 0.29) is 40.9 Å². The van der Waals surface area contributed by atoms with Gasteiger partial charge in [0, 0.05) is 48.0 Å². The van der Waals surface area contributed by atoms with Gasteiger partial charge in [0.15, 0.2) is 23.0 Å². The van der Waals surface area contributed by atoms with Gasteiger partial charge in [0.2, 0.25) is 0 Å². The monoisotopic (exact) mass is 677 g/mol. The first-order chi connectivity index (χ1) is 21.7. The predicted octanol–water partition coefficient (Wildman–Crippen LogP) is 6.48. The third-order valence-electron chi connectivity index (χ3n) is 8.56. The molecule has 0 fully saturated rings. The van der Waals surface area contributed by atoms with Crippen LogP contribution in [0.25, 0.3) is 11.3 Å². The van der Waals surface area contributed by atoms with E-state index in [2.05, 4.69) is 13.9 Å². The molecule has 5 rings (SSSR count). The quantitative estimate of drug-likeness (QED) is 0.190. The lowest BCUT2D eigenvalue weighted by Gasteiger charge is -2.43. The van der Waals surface area contributed by atoms with Crippen molar-refractivity contribution >= 4 is 27.7 Å². The van der Waals surface area contributed by atoms with Crippen LogP contribution in [0.3, 0.4) is 0 Å². The average molecular weight is 678 g/mol. The van der Waals surface area contributed by atoms with Crippen molar-refractivity contribution in [3.8, 4) is 22.8 Å². The van der Waals surface area contributed by atoms with Crippen LogP contribution in [0.2, 0.25) is 0 Å². The summed E-state index contributed by atoms with van der Waals surface area (Å²) < 4.78 is 83.7. The second kappa shape index (κ2) is 11.5. The highest BCUT2D eigenvalue weighted by atomic mass is 32.2. The Hall–Kier alpha value is -4.20. The molecule has 10 nitrogen and oxygen atoms in total. The van der Waals surface area contributed by atoms with Crippen LogP contribution < -0.4 is 8.92 Å². The number of pyridine rings is 1. The molecule has 0 saturated carbocycles. The van der Waals surface area contributed by atoms with Crippen molar-refractivity contribution in [3.63, 3.8) is 0 Å². The summed E-state index contributed by atoms with van der Waals surface area (Å²) in [6.45, 7) is 9.58. The van der Waals surface area contributed by atoms with Gasteiger partial charge < -0.3 is 18.4 Å². The SMILES string of the molecule is COC(=O)c1nc(-c2ccc(OC)c(C3C4=C(CC(C)(C)CC4=O)OC4=C3C(=O)CC(C)(C)C4)c2C)ccc1OS(=O)(=O)C(F)(F)F. The van der Waals surface area contributed by atoms with Gasteiger partial charge in [-0.05, 0) is 47.6 Å². The van der Waals surface area contributed by atoms with E-state index in [1.54, 1.807) is 19.1 Å². The van der Waals surface area contributed by atoms with Gasteiger partial charge in [0.05, 0.1) is 25.8 Å². The molecule has 0 atom stereocenters. The van der Waals surface area contributed by atoms with Crippen LogP contribution in [-0.2, 0) is 29.2 Å². The number of carbonyl (C=O) groups excluding carboxylic acids is 3. The Morgan fingerprint density at radius 2 is 1.43 bits per heavy atom. The number of ketones is 2. The number of allylic oxidation sites excluding steroid dienone is 4. The van der Waals surface area contributed by atoms with Gasteiger partial charge in [-0.25, -0.2) is 9.78 Å².